The summed E-state index contributed by atoms with van der Waals surface area (Å²) in [6.07, 6.45) is 6.67. The average Bonchev–Trinajstić information content (AvgIpc) is 3.16. The first-order chi connectivity index (χ1) is 8.49. The van der Waals surface area contributed by atoms with Crippen molar-refractivity contribution in [2.24, 2.45) is 11.8 Å². The van der Waals surface area contributed by atoms with Gasteiger partial charge in [0, 0.05) is 25.0 Å². The first kappa shape index (κ1) is 13.9. The molecule has 0 aromatic rings. The van der Waals surface area contributed by atoms with Crippen LogP contribution in [0.5, 0.6) is 0 Å². The summed E-state index contributed by atoms with van der Waals surface area (Å²) < 4.78 is 0. The predicted octanol–water partition coefficient (Wildman–Crippen LogP) is 2.41. The van der Waals surface area contributed by atoms with E-state index < -0.39 is 0 Å². The molecule has 3 heteroatoms. The van der Waals surface area contributed by atoms with E-state index in [1.54, 1.807) is 6.92 Å². The van der Waals surface area contributed by atoms with Gasteiger partial charge in [0.05, 0.1) is 0 Å². The van der Waals surface area contributed by atoms with E-state index in [1.807, 2.05) is 0 Å². The lowest BCUT2D eigenvalue weighted by Crippen LogP contribution is -2.41. The van der Waals surface area contributed by atoms with Crippen LogP contribution in [0.15, 0.2) is 0 Å². The Morgan fingerprint density at radius 3 is 2.33 bits per heavy atom. The molecule has 2 saturated carbocycles. The zero-order valence-corrected chi connectivity index (χ0v) is 12.3. The topological polar surface area (TPSA) is 32.3 Å². The molecule has 2 aliphatic carbocycles. The van der Waals surface area contributed by atoms with Crippen LogP contribution in [0.4, 0.5) is 0 Å². The van der Waals surface area contributed by atoms with Crippen molar-refractivity contribution in [2.75, 3.05) is 7.05 Å². The lowest BCUT2D eigenvalue weighted by Gasteiger charge is -2.32. The highest BCUT2D eigenvalue weighted by molar-refractivity contribution is 5.73. The number of hydrogen-bond acceptors (Lipinski definition) is 2. The van der Waals surface area contributed by atoms with Gasteiger partial charge in [0.1, 0.15) is 0 Å². The lowest BCUT2D eigenvalue weighted by molar-refractivity contribution is -0.120. The van der Waals surface area contributed by atoms with Crippen LogP contribution >= 0.6 is 0 Å². The highest BCUT2D eigenvalue weighted by Crippen LogP contribution is 2.42. The smallest absolute Gasteiger partial charge is 0.217 e. The minimum atomic E-state index is 0.108. The third-order valence-electron chi connectivity index (χ3n) is 4.73. The van der Waals surface area contributed by atoms with E-state index in [0.717, 1.165) is 12.0 Å². The third-order valence-corrected chi connectivity index (χ3v) is 4.73. The van der Waals surface area contributed by atoms with Crippen LogP contribution in [0.3, 0.4) is 0 Å². The van der Waals surface area contributed by atoms with Crippen molar-refractivity contribution in [1.29, 1.82) is 0 Å². The zero-order chi connectivity index (χ0) is 13.3. The first-order valence-electron chi connectivity index (χ1n) is 7.48. The van der Waals surface area contributed by atoms with Gasteiger partial charge in [0.2, 0.25) is 5.91 Å². The molecule has 0 heterocycles. The van der Waals surface area contributed by atoms with E-state index in [1.165, 1.54) is 32.1 Å². The molecule has 3 unspecified atom stereocenters. The Morgan fingerprint density at radius 2 is 1.89 bits per heavy atom. The van der Waals surface area contributed by atoms with Crippen LogP contribution in [0.25, 0.3) is 0 Å². The maximum absolute atomic E-state index is 11.2. The van der Waals surface area contributed by atoms with Crippen molar-refractivity contribution in [3.05, 3.63) is 0 Å². The second kappa shape index (κ2) is 5.60. The van der Waals surface area contributed by atoms with Crippen molar-refractivity contribution in [2.45, 2.75) is 71.0 Å². The lowest BCUT2D eigenvalue weighted by atomic mass is 9.88. The van der Waals surface area contributed by atoms with Gasteiger partial charge >= 0.3 is 0 Å². The standard InChI is InChI=1S/C15H28N2O/c1-10(17(4)14-7-8-14)9-15(13-5-6-13)11(2)16-12(3)18/h10-11,13-15H,5-9H2,1-4H3,(H,16,18). The second-order valence-corrected chi connectivity index (χ2v) is 6.47. The van der Waals surface area contributed by atoms with Crippen molar-refractivity contribution in [1.82, 2.24) is 10.2 Å². The SMILES string of the molecule is CC(=O)NC(C)C(CC(C)N(C)C1CC1)C1CC1. The summed E-state index contributed by atoms with van der Waals surface area (Å²) in [6, 6.07) is 1.79. The van der Waals surface area contributed by atoms with Crippen LogP contribution in [-0.4, -0.2) is 36.0 Å². The molecule has 1 N–H and O–H groups in total. The van der Waals surface area contributed by atoms with Crippen LogP contribution in [0.2, 0.25) is 0 Å². The number of nitrogens with one attached hydrogen (secondary N) is 1. The number of carbonyl (C=O) groups excluding carboxylic acids is 1. The maximum Gasteiger partial charge on any atom is 0.217 e. The number of amides is 1. The molecule has 0 aromatic heterocycles. The normalized spacial score (nSPS) is 24.7. The van der Waals surface area contributed by atoms with E-state index in [2.05, 4.69) is 31.1 Å². The summed E-state index contributed by atoms with van der Waals surface area (Å²) in [7, 11) is 2.26. The summed E-state index contributed by atoms with van der Waals surface area (Å²) in [5, 5.41) is 3.10. The Bertz CT molecular complexity index is 297. The molecule has 3 nitrogen and oxygen atoms in total. The van der Waals surface area contributed by atoms with Gasteiger partial charge in [-0.1, -0.05) is 0 Å². The summed E-state index contributed by atoms with van der Waals surface area (Å²) in [4.78, 5) is 13.8. The van der Waals surface area contributed by atoms with Crippen molar-refractivity contribution in [3.8, 4) is 0 Å². The second-order valence-electron chi connectivity index (χ2n) is 6.47. The van der Waals surface area contributed by atoms with Gasteiger partial charge in [-0.2, -0.15) is 0 Å². The fourth-order valence-electron chi connectivity index (χ4n) is 3.16. The highest BCUT2D eigenvalue weighted by Gasteiger charge is 2.38. The first-order valence-corrected chi connectivity index (χ1v) is 7.48. The van der Waals surface area contributed by atoms with E-state index >= 15 is 0 Å². The Hall–Kier alpha value is -0.570. The Morgan fingerprint density at radius 1 is 1.28 bits per heavy atom. The maximum atomic E-state index is 11.2. The van der Waals surface area contributed by atoms with Crippen LogP contribution in [-0.2, 0) is 4.79 Å². The summed E-state index contributed by atoms with van der Waals surface area (Å²) in [5.41, 5.74) is 0. The van der Waals surface area contributed by atoms with E-state index in [-0.39, 0.29) is 5.91 Å². The molecular weight excluding hydrogens is 224 g/mol. The summed E-state index contributed by atoms with van der Waals surface area (Å²) >= 11 is 0. The molecule has 0 saturated heterocycles. The fraction of sp³-hybridized carbons (Fsp3) is 0.933. The molecule has 0 radical (unpaired) electrons. The van der Waals surface area contributed by atoms with Gasteiger partial charge in [-0.15, -0.1) is 0 Å². The van der Waals surface area contributed by atoms with Crippen molar-refractivity contribution >= 4 is 5.91 Å². The van der Waals surface area contributed by atoms with Gasteiger partial charge in [0.15, 0.2) is 0 Å². The van der Waals surface area contributed by atoms with Crippen molar-refractivity contribution < 1.29 is 4.79 Å². The molecule has 2 fully saturated rings. The highest BCUT2D eigenvalue weighted by atomic mass is 16.1. The number of hydrogen-bond donors (Lipinski definition) is 1. The summed E-state index contributed by atoms with van der Waals surface area (Å²) in [5.74, 6) is 1.61. The van der Waals surface area contributed by atoms with Crippen LogP contribution < -0.4 is 5.32 Å². The monoisotopic (exact) mass is 252 g/mol. The van der Waals surface area contributed by atoms with Gasteiger partial charge < -0.3 is 10.2 Å². The van der Waals surface area contributed by atoms with E-state index in [9.17, 15) is 4.79 Å². The predicted molar refractivity (Wildman–Crippen MR) is 74.4 cm³/mol. The molecule has 3 atom stereocenters. The molecular formula is C15H28N2O. The van der Waals surface area contributed by atoms with E-state index in [0.29, 0.717) is 18.0 Å². The minimum absolute atomic E-state index is 0.108. The molecule has 0 aromatic carbocycles. The molecule has 2 aliphatic rings. The number of rotatable bonds is 7. The molecule has 1 amide bonds. The molecule has 2 rings (SSSR count). The number of nitrogens with zero attached hydrogens (tertiary/aromatic N) is 1. The van der Waals surface area contributed by atoms with Crippen molar-refractivity contribution in [3.63, 3.8) is 0 Å². The van der Waals surface area contributed by atoms with Gasteiger partial charge in [-0.05, 0) is 64.8 Å². The molecule has 104 valence electrons. The fourth-order valence-corrected chi connectivity index (χ4v) is 3.16. The zero-order valence-electron chi connectivity index (χ0n) is 12.3. The quantitative estimate of drug-likeness (QED) is 0.754. The average molecular weight is 252 g/mol. The number of carbonyl (C=O) groups is 1. The van der Waals surface area contributed by atoms with Gasteiger partial charge in [0.25, 0.3) is 0 Å². The minimum Gasteiger partial charge on any atom is -0.354 e. The van der Waals surface area contributed by atoms with E-state index in [4.69, 9.17) is 0 Å². The van der Waals surface area contributed by atoms with Crippen LogP contribution in [0.1, 0.15) is 52.9 Å². The molecule has 0 spiro atoms. The molecule has 0 bridgehead atoms. The largest absolute Gasteiger partial charge is 0.354 e. The Labute approximate surface area is 111 Å². The molecule has 0 aliphatic heterocycles. The Balaban J connectivity index is 1.86. The van der Waals surface area contributed by atoms with Gasteiger partial charge in [-0.25, -0.2) is 0 Å². The molecule has 18 heavy (non-hydrogen) atoms. The summed E-state index contributed by atoms with van der Waals surface area (Å²) in [6.45, 7) is 6.14. The van der Waals surface area contributed by atoms with Crippen LogP contribution in [0, 0.1) is 11.8 Å². The van der Waals surface area contributed by atoms with Gasteiger partial charge in [-0.3, -0.25) is 4.79 Å². The Kier molecular flexibility index (Phi) is 4.31. The third kappa shape index (κ3) is 3.71.